The second-order valence-electron chi connectivity index (χ2n) is 4.36. The fourth-order valence-electron chi connectivity index (χ4n) is 1.90. The van der Waals surface area contributed by atoms with Gasteiger partial charge in [0.05, 0.1) is 0 Å². The van der Waals surface area contributed by atoms with Gasteiger partial charge >= 0.3 is 0 Å². The molecule has 1 heterocycles. The SMILES string of the molecule is CN(C)CCCN1CCC[C@@H](N)C1. The minimum atomic E-state index is 0.424. The molecule has 13 heavy (non-hydrogen) atoms. The molecular formula is C10H23N3. The van der Waals surface area contributed by atoms with Crippen molar-refractivity contribution < 1.29 is 0 Å². The molecule has 0 aliphatic carbocycles. The Labute approximate surface area is 81.9 Å². The van der Waals surface area contributed by atoms with E-state index in [0.717, 1.165) is 6.54 Å². The van der Waals surface area contributed by atoms with E-state index in [9.17, 15) is 0 Å². The second-order valence-corrected chi connectivity index (χ2v) is 4.36. The van der Waals surface area contributed by atoms with E-state index in [1.165, 1.54) is 38.9 Å². The van der Waals surface area contributed by atoms with Gasteiger partial charge in [-0.2, -0.15) is 0 Å². The Hall–Kier alpha value is -0.120. The molecule has 2 N–H and O–H groups in total. The van der Waals surface area contributed by atoms with Crippen LogP contribution in [0.4, 0.5) is 0 Å². The first-order valence-corrected chi connectivity index (χ1v) is 5.31. The van der Waals surface area contributed by atoms with Gasteiger partial charge in [-0.1, -0.05) is 0 Å². The maximum absolute atomic E-state index is 5.90. The van der Waals surface area contributed by atoms with Crippen LogP contribution in [0.5, 0.6) is 0 Å². The van der Waals surface area contributed by atoms with Gasteiger partial charge in [0.15, 0.2) is 0 Å². The Morgan fingerprint density at radius 3 is 2.85 bits per heavy atom. The van der Waals surface area contributed by atoms with Crippen LogP contribution in [-0.2, 0) is 0 Å². The highest BCUT2D eigenvalue weighted by Gasteiger charge is 2.15. The van der Waals surface area contributed by atoms with Crippen molar-refractivity contribution in [1.82, 2.24) is 9.80 Å². The molecule has 78 valence electrons. The van der Waals surface area contributed by atoms with Crippen LogP contribution >= 0.6 is 0 Å². The van der Waals surface area contributed by atoms with Crippen LogP contribution in [0.2, 0.25) is 0 Å². The van der Waals surface area contributed by atoms with Gasteiger partial charge in [-0.25, -0.2) is 0 Å². The van der Waals surface area contributed by atoms with Gasteiger partial charge in [0, 0.05) is 12.6 Å². The predicted octanol–water partition coefficient (Wildman–Crippen LogP) is 0.361. The van der Waals surface area contributed by atoms with Crippen LogP contribution in [0.1, 0.15) is 19.3 Å². The highest BCUT2D eigenvalue weighted by Crippen LogP contribution is 2.08. The predicted molar refractivity (Wildman–Crippen MR) is 56.8 cm³/mol. The minimum absolute atomic E-state index is 0.424. The summed E-state index contributed by atoms with van der Waals surface area (Å²) in [5.41, 5.74) is 5.90. The van der Waals surface area contributed by atoms with E-state index in [4.69, 9.17) is 5.73 Å². The topological polar surface area (TPSA) is 32.5 Å². The smallest absolute Gasteiger partial charge is 0.0168 e. The average molecular weight is 185 g/mol. The molecule has 0 aromatic carbocycles. The lowest BCUT2D eigenvalue weighted by Crippen LogP contribution is -2.43. The van der Waals surface area contributed by atoms with E-state index in [0.29, 0.717) is 6.04 Å². The van der Waals surface area contributed by atoms with Crippen molar-refractivity contribution in [1.29, 1.82) is 0 Å². The van der Waals surface area contributed by atoms with Crippen LogP contribution in [0.15, 0.2) is 0 Å². The number of hydrogen-bond donors (Lipinski definition) is 1. The number of piperidine rings is 1. The molecule has 1 rings (SSSR count). The van der Waals surface area contributed by atoms with E-state index >= 15 is 0 Å². The monoisotopic (exact) mass is 185 g/mol. The summed E-state index contributed by atoms with van der Waals surface area (Å²) in [7, 11) is 4.25. The Bertz CT molecular complexity index is 136. The lowest BCUT2D eigenvalue weighted by atomic mass is 10.1. The Morgan fingerprint density at radius 1 is 1.46 bits per heavy atom. The lowest BCUT2D eigenvalue weighted by molar-refractivity contribution is 0.200. The molecule has 0 radical (unpaired) electrons. The maximum Gasteiger partial charge on any atom is 0.0168 e. The highest BCUT2D eigenvalue weighted by atomic mass is 15.1. The molecule has 1 aliphatic rings. The van der Waals surface area contributed by atoms with Gasteiger partial charge in [-0.15, -0.1) is 0 Å². The Kier molecular flexibility index (Phi) is 4.70. The summed E-state index contributed by atoms with van der Waals surface area (Å²) in [5.74, 6) is 0. The first-order chi connectivity index (χ1) is 6.18. The normalized spacial score (nSPS) is 25.4. The maximum atomic E-state index is 5.90. The van der Waals surface area contributed by atoms with E-state index in [1.54, 1.807) is 0 Å². The van der Waals surface area contributed by atoms with E-state index in [-0.39, 0.29) is 0 Å². The molecule has 0 spiro atoms. The summed E-state index contributed by atoms with van der Waals surface area (Å²) in [5, 5.41) is 0. The molecule has 1 aliphatic heterocycles. The Balaban J connectivity index is 2.06. The Morgan fingerprint density at radius 2 is 2.23 bits per heavy atom. The van der Waals surface area contributed by atoms with Crippen molar-refractivity contribution in [3.63, 3.8) is 0 Å². The summed E-state index contributed by atoms with van der Waals surface area (Å²) in [4.78, 5) is 4.74. The van der Waals surface area contributed by atoms with E-state index < -0.39 is 0 Å². The summed E-state index contributed by atoms with van der Waals surface area (Å²) in [6.45, 7) is 4.76. The third-order valence-electron chi connectivity index (χ3n) is 2.62. The largest absolute Gasteiger partial charge is 0.327 e. The van der Waals surface area contributed by atoms with Gasteiger partial charge < -0.3 is 15.5 Å². The van der Waals surface area contributed by atoms with Gasteiger partial charge in [0.1, 0.15) is 0 Å². The third-order valence-corrected chi connectivity index (χ3v) is 2.62. The van der Waals surface area contributed by atoms with Crippen LogP contribution < -0.4 is 5.73 Å². The van der Waals surface area contributed by atoms with Crippen LogP contribution in [-0.4, -0.2) is 56.1 Å². The van der Waals surface area contributed by atoms with E-state index in [2.05, 4.69) is 23.9 Å². The summed E-state index contributed by atoms with van der Waals surface area (Å²) >= 11 is 0. The summed E-state index contributed by atoms with van der Waals surface area (Å²) in [6, 6.07) is 0.424. The van der Waals surface area contributed by atoms with Crippen molar-refractivity contribution in [2.45, 2.75) is 25.3 Å². The van der Waals surface area contributed by atoms with E-state index in [1.807, 2.05) is 0 Å². The zero-order valence-corrected chi connectivity index (χ0v) is 9.00. The molecular weight excluding hydrogens is 162 g/mol. The van der Waals surface area contributed by atoms with Crippen molar-refractivity contribution in [3.05, 3.63) is 0 Å². The lowest BCUT2D eigenvalue weighted by Gasteiger charge is -2.30. The zero-order valence-electron chi connectivity index (χ0n) is 9.00. The number of nitrogens with zero attached hydrogens (tertiary/aromatic N) is 2. The minimum Gasteiger partial charge on any atom is -0.327 e. The standard InChI is InChI=1S/C10H23N3/c1-12(2)6-4-8-13-7-3-5-10(11)9-13/h10H,3-9,11H2,1-2H3/t10-/m1/s1. The van der Waals surface area contributed by atoms with Gasteiger partial charge in [-0.3, -0.25) is 0 Å². The molecule has 3 nitrogen and oxygen atoms in total. The molecule has 1 saturated heterocycles. The molecule has 0 saturated carbocycles. The molecule has 0 aromatic heterocycles. The van der Waals surface area contributed by atoms with Crippen LogP contribution in [0.3, 0.4) is 0 Å². The first-order valence-electron chi connectivity index (χ1n) is 5.31. The fraction of sp³-hybridized carbons (Fsp3) is 1.00. The fourth-order valence-corrected chi connectivity index (χ4v) is 1.90. The highest BCUT2D eigenvalue weighted by molar-refractivity contribution is 4.74. The molecule has 1 atom stereocenters. The second kappa shape index (κ2) is 5.58. The average Bonchev–Trinajstić information content (AvgIpc) is 2.03. The van der Waals surface area contributed by atoms with Gasteiger partial charge in [0.2, 0.25) is 0 Å². The van der Waals surface area contributed by atoms with Gasteiger partial charge in [-0.05, 0) is 53.0 Å². The molecule has 0 aromatic rings. The van der Waals surface area contributed by atoms with Crippen molar-refractivity contribution in [2.24, 2.45) is 5.73 Å². The third kappa shape index (κ3) is 4.60. The summed E-state index contributed by atoms with van der Waals surface area (Å²) in [6.07, 6.45) is 3.76. The molecule has 1 fully saturated rings. The van der Waals surface area contributed by atoms with Crippen molar-refractivity contribution >= 4 is 0 Å². The number of rotatable bonds is 4. The molecule has 0 bridgehead atoms. The molecule has 3 heteroatoms. The first kappa shape index (κ1) is 11.0. The number of hydrogen-bond acceptors (Lipinski definition) is 3. The van der Waals surface area contributed by atoms with Crippen LogP contribution in [0, 0.1) is 0 Å². The van der Waals surface area contributed by atoms with Crippen molar-refractivity contribution in [2.75, 3.05) is 40.3 Å². The molecule has 0 amide bonds. The number of nitrogens with two attached hydrogens (primary N) is 1. The van der Waals surface area contributed by atoms with Crippen LogP contribution in [0.25, 0.3) is 0 Å². The van der Waals surface area contributed by atoms with Crippen molar-refractivity contribution in [3.8, 4) is 0 Å². The quantitative estimate of drug-likeness (QED) is 0.686. The zero-order chi connectivity index (χ0) is 9.68. The van der Waals surface area contributed by atoms with Gasteiger partial charge in [0.25, 0.3) is 0 Å². The molecule has 0 unspecified atom stereocenters. The number of likely N-dealkylation sites (tertiary alicyclic amines) is 1. The summed E-state index contributed by atoms with van der Waals surface area (Å²) < 4.78 is 0.